The summed E-state index contributed by atoms with van der Waals surface area (Å²) in [7, 11) is 0. The molecule has 5 rings (SSSR count). The van der Waals surface area contributed by atoms with Crippen molar-refractivity contribution in [3.8, 4) is 0 Å². The van der Waals surface area contributed by atoms with E-state index in [1.54, 1.807) is 11.8 Å². The van der Waals surface area contributed by atoms with Crippen molar-refractivity contribution in [1.82, 2.24) is 4.90 Å². The molecule has 2 fully saturated rings. The van der Waals surface area contributed by atoms with E-state index >= 15 is 0 Å². The Balaban J connectivity index is 1.24. The van der Waals surface area contributed by atoms with Gasteiger partial charge in [0.15, 0.2) is 0 Å². The molecular weight excluding hydrogens is 534 g/mol. The smallest absolute Gasteiger partial charge is 0.416 e. The molecule has 1 saturated heterocycles. The van der Waals surface area contributed by atoms with Gasteiger partial charge in [0.1, 0.15) is 0 Å². The molecule has 10 heteroatoms. The quantitative estimate of drug-likeness (QED) is 0.403. The molecule has 0 bridgehead atoms. The first-order valence-corrected chi connectivity index (χ1v) is 13.9. The third kappa shape index (κ3) is 6.26. The number of carbonyl (C=O) groups is 1. The highest BCUT2D eigenvalue weighted by atomic mass is 19.4. The highest BCUT2D eigenvalue weighted by Gasteiger charge is 2.39. The van der Waals surface area contributed by atoms with Crippen molar-refractivity contribution in [2.45, 2.75) is 76.3 Å². The molecule has 2 aromatic carbocycles. The number of hydrogen-bond donors (Lipinski definition) is 1. The van der Waals surface area contributed by atoms with E-state index in [0.29, 0.717) is 37.2 Å². The minimum Gasteiger partial charge on any atom is -0.550 e. The van der Waals surface area contributed by atoms with Crippen LogP contribution in [0.2, 0.25) is 0 Å². The van der Waals surface area contributed by atoms with Gasteiger partial charge in [0, 0.05) is 30.2 Å². The van der Waals surface area contributed by atoms with Gasteiger partial charge in [-0.3, -0.25) is 4.90 Å². The van der Waals surface area contributed by atoms with E-state index in [1.165, 1.54) is 5.56 Å². The third-order valence-corrected chi connectivity index (χ3v) is 8.96. The number of hydrogen-bond acceptors (Lipinski definition) is 4. The number of alkyl halides is 6. The van der Waals surface area contributed by atoms with Crippen LogP contribution in [0.25, 0.3) is 0 Å². The number of aryl methyl sites for hydroxylation is 1. The van der Waals surface area contributed by atoms with Gasteiger partial charge < -0.3 is 15.2 Å². The summed E-state index contributed by atoms with van der Waals surface area (Å²) in [6.45, 7) is 2.51. The Bertz CT molecular complexity index is 1230. The number of piperidine rings is 1. The van der Waals surface area contributed by atoms with Crippen molar-refractivity contribution in [3.05, 3.63) is 64.2 Å². The first kappa shape index (κ1) is 28.8. The van der Waals surface area contributed by atoms with Gasteiger partial charge in [-0.15, -0.1) is 0 Å². The fourth-order valence-electron chi connectivity index (χ4n) is 6.59. The third-order valence-electron chi connectivity index (χ3n) is 8.96. The fourth-order valence-corrected chi connectivity index (χ4v) is 6.59. The monoisotopic (exact) mass is 567 g/mol. The number of benzene rings is 2. The van der Waals surface area contributed by atoms with E-state index < -0.39 is 35.4 Å². The molecular formula is C30H33F6N2O2-. The normalized spacial score (nSPS) is 22.3. The number of carbonyl (C=O) groups excluding carboxylic acids is 1. The number of nitrogens with zero attached hydrogens (tertiary/aromatic N) is 1. The highest BCUT2D eigenvalue weighted by molar-refractivity contribution is 5.69. The number of rotatable bonds is 7. The lowest BCUT2D eigenvalue weighted by Gasteiger charge is -2.39. The lowest BCUT2D eigenvalue weighted by Crippen LogP contribution is -2.41. The Morgan fingerprint density at radius 2 is 1.68 bits per heavy atom. The van der Waals surface area contributed by atoms with Crippen LogP contribution in [-0.2, 0) is 30.1 Å². The molecule has 0 aromatic heterocycles. The molecule has 0 amide bonds. The van der Waals surface area contributed by atoms with Crippen molar-refractivity contribution >= 4 is 11.7 Å². The Morgan fingerprint density at radius 1 is 0.975 bits per heavy atom. The predicted molar refractivity (Wildman–Crippen MR) is 136 cm³/mol. The number of nitrogens with one attached hydrogen (secondary N) is 1. The second-order valence-corrected chi connectivity index (χ2v) is 11.7. The Kier molecular flexibility index (Phi) is 7.85. The molecule has 3 aliphatic rings. The first-order chi connectivity index (χ1) is 18.8. The van der Waals surface area contributed by atoms with Crippen molar-refractivity contribution in [1.29, 1.82) is 0 Å². The van der Waals surface area contributed by atoms with Gasteiger partial charge in [0.2, 0.25) is 0 Å². The Hall–Kier alpha value is -2.75. The number of likely N-dealkylation sites (tertiary alicyclic amines) is 1. The standard InChI is InChI=1S/C30H34F6N2O2/c1-17(28(39)40)27(20-3-4-20)21-5-2-18-6-9-25(37-26(18)15-21)19-10-12-38(13-11-19)16-22-14-23(29(31,32)33)7-8-24(22)30(34,35)36/h2,5,7-8,14-15,17,19-20,25,27,37H,3-4,6,9-13,16H2,1H3,(H,39,40)/p-1/t17-,25?,27-/m0/s1. The molecule has 2 heterocycles. The fraction of sp³-hybridized carbons (Fsp3) is 0.567. The largest absolute Gasteiger partial charge is 0.550 e. The summed E-state index contributed by atoms with van der Waals surface area (Å²) in [4.78, 5) is 13.4. The highest BCUT2D eigenvalue weighted by Crippen LogP contribution is 2.47. The van der Waals surface area contributed by atoms with E-state index in [-0.39, 0.29) is 30.0 Å². The van der Waals surface area contributed by atoms with E-state index in [0.717, 1.165) is 49.8 Å². The lowest BCUT2D eigenvalue weighted by atomic mass is 9.80. The van der Waals surface area contributed by atoms with E-state index in [4.69, 9.17) is 0 Å². The van der Waals surface area contributed by atoms with Crippen LogP contribution in [0.15, 0.2) is 36.4 Å². The molecule has 1 unspecified atom stereocenters. The van der Waals surface area contributed by atoms with Gasteiger partial charge in [-0.05, 0) is 110 Å². The molecule has 0 radical (unpaired) electrons. The SMILES string of the molecule is C[C@H](C(=O)[O-])[C@H](c1ccc2c(c1)NC(C1CCN(Cc3cc(C(F)(F)F)ccc3C(F)(F)F)CC1)CC2)C1CC1. The van der Waals surface area contributed by atoms with Crippen molar-refractivity contribution in [2.75, 3.05) is 18.4 Å². The maximum atomic E-state index is 13.5. The molecule has 2 aliphatic heterocycles. The van der Waals surface area contributed by atoms with Gasteiger partial charge >= 0.3 is 12.4 Å². The van der Waals surface area contributed by atoms with Gasteiger partial charge in [-0.1, -0.05) is 19.1 Å². The molecule has 1 aliphatic carbocycles. The van der Waals surface area contributed by atoms with Crippen LogP contribution in [0.1, 0.15) is 72.8 Å². The summed E-state index contributed by atoms with van der Waals surface area (Å²) in [5.41, 5.74) is 0.731. The number of fused-ring (bicyclic) bond motifs is 1. The average Bonchev–Trinajstić information content (AvgIpc) is 3.73. The maximum Gasteiger partial charge on any atom is 0.416 e. The number of anilines is 1. The zero-order chi connectivity index (χ0) is 28.8. The van der Waals surface area contributed by atoms with Crippen molar-refractivity contribution < 1.29 is 36.2 Å². The van der Waals surface area contributed by atoms with Crippen molar-refractivity contribution in [2.24, 2.45) is 17.8 Å². The summed E-state index contributed by atoms with van der Waals surface area (Å²) < 4.78 is 80.2. The van der Waals surface area contributed by atoms with Gasteiger partial charge in [-0.2, -0.15) is 26.3 Å². The molecule has 218 valence electrons. The van der Waals surface area contributed by atoms with Crippen LogP contribution in [0.5, 0.6) is 0 Å². The van der Waals surface area contributed by atoms with Gasteiger partial charge in [0.05, 0.1) is 11.1 Å². The summed E-state index contributed by atoms with van der Waals surface area (Å²) >= 11 is 0. The molecule has 1 N–H and O–H groups in total. The molecule has 2 aromatic rings. The molecule has 4 nitrogen and oxygen atoms in total. The average molecular weight is 568 g/mol. The van der Waals surface area contributed by atoms with E-state index in [1.807, 2.05) is 6.07 Å². The number of carboxylic acid groups (broad SMARTS) is 1. The van der Waals surface area contributed by atoms with Crippen LogP contribution in [-0.4, -0.2) is 30.0 Å². The lowest BCUT2D eigenvalue weighted by molar-refractivity contribution is -0.311. The topological polar surface area (TPSA) is 55.4 Å². The second kappa shape index (κ2) is 10.9. The summed E-state index contributed by atoms with van der Waals surface area (Å²) in [5.74, 6) is -1.08. The van der Waals surface area contributed by atoms with Crippen LogP contribution in [0.3, 0.4) is 0 Å². The first-order valence-electron chi connectivity index (χ1n) is 13.9. The number of halogens is 6. The van der Waals surface area contributed by atoms with Gasteiger partial charge in [0.25, 0.3) is 0 Å². The Labute approximate surface area is 229 Å². The second-order valence-electron chi connectivity index (χ2n) is 11.7. The van der Waals surface area contributed by atoms with Crippen LogP contribution in [0.4, 0.5) is 32.0 Å². The van der Waals surface area contributed by atoms with Crippen LogP contribution in [0, 0.1) is 17.8 Å². The van der Waals surface area contributed by atoms with Crippen LogP contribution < -0.4 is 10.4 Å². The van der Waals surface area contributed by atoms with Crippen LogP contribution >= 0.6 is 0 Å². The molecule has 3 atom stereocenters. The Morgan fingerprint density at radius 3 is 2.27 bits per heavy atom. The minimum absolute atomic E-state index is 0.0850. The van der Waals surface area contributed by atoms with E-state index in [9.17, 15) is 36.2 Å². The molecule has 40 heavy (non-hydrogen) atoms. The molecule has 0 spiro atoms. The number of aliphatic carboxylic acids is 1. The van der Waals surface area contributed by atoms with Gasteiger partial charge in [-0.25, -0.2) is 0 Å². The van der Waals surface area contributed by atoms with Crippen molar-refractivity contribution in [3.63, 3.8) is 0 Å². The maximum absolute atomic E-state index is 13.5. The zero-order valence-corrected chi connectivity index (χ0v) is 22.2. The zero-order valence-electron chi connectivity index (χ0n) is 22.2. The minimum atomic E-state index is -4.73. The summed E-state index contributed by atoms with van der Waals surface area (Å²) in [6, 6.07) is 7.99. The molecule has 1 saturated carbocycles. The summed E-state index contributed by atoms with van der Waals surface area (Å²) in [5, 5.41) is 15.3. The number of carboxylic acids is 1. The van der Waals surface area contributed by atoms with E-state index in [2.05, 4.69) is 17.4 Å². The predicted octanol–water partition coefficient (Wildman–Crippen LogP) is 6.24. The summed E-state index contributed by atoms with van der Waals surface area (Å²) in [6.07, 6.45) is -4.19.